The predicted octanol–water partition coefficient (Wildman–Crippen LogP) is 1.86. The zero-order valence-electron chi connectivity index (χ0n) is 16.6. The van der Waals surface area contributed by atoms with Crippen LogP contribution in [0.4, 0.5) is 0 Å². The van der Waals surface area contributed by atoms with E-state index in [1.807, 2.05) is 13.0 Å². The van der Waals surface area contributed by atoms with Crippen molar-refractivity contribution in [2.24, 2.45) is 10.9 Å². The largest absolute Gasteiger partial charge is 0.396 e. The third-order valence-corrected chi connectivity index (χ3v) is 4.80. The van der Waals surface area contributed by atoms with E-state index < -0.39 is 0 Å². The van der Waals surface area contributed by atoms with Gasteiger partial charge in [0.15, 0.2) is 5.96 Å². The van der Waals surface area contributed by atoms with Gasteiger partial charge in [-0.25, -0.2) is 0 Å². The number of guanidine groups is 1. The number of aliphatic hydroxyl groups excluding tert-OH is 1. The second-order valence-corrected chi connectivity index (χ2v) is 7.05. The second kappa shape index (κ2) is 11.2. The zero-order valence-corrected chi connectivity index (χ0v) is 16.6. The Morgan fingerprint density at radius 3 is 2.65 bits per heavy atom. The van der Waals surface area contributed by atoms with Gasteiger partial charge in [0.05, 0.1) is 5.69 Å². The number of piperazine rings is 1. The average molecular weight is 366 g/mol. The molecule has 2 heterocycles. The molecule has 0 radical (unpaired) electrons. The molecule has 0 amide bonds. The molecule has 1 aromatic heterocycles. The van der Waals surface area contributed by atoms with Crippen LogP contribution in [0.2, 0.25) is 0 Å². The van der Waals surface area contributed by atoms with Crippen molar-refractivity contribution >= 4 is 5.96 Å². The zero-order chi connectivity index (χ0) is 18.8. The van der Waals surface area contributed by atoms with E-state index >= 15 is 0 Å². The number of hydrogen-bond acceptors (Lipinski definition) is 5. The van der Waals surface area contributed by atoms with Crippen molar-refractivity contribution in [3.8, 4) is 0 Å². The molecule has 1 fully saturated rings. The Balaban J connectivity index is 1.86. The second-order valence-electron chi connectivity index (χ2n) is 7.05. The molecule has 0 bridgehead atoms. The van der Waals surface area contributed by atoms with Gasteiger partial charge in [0.25, 0.3) is 0 Å². The number of aliphatic imine (C=N–C) groups is 1. The van der Waals surface area contributed by atoms with Crippen LogP contribution in [-0.2, 0) is 6.54 Å². The van der Waals surface area contributed by atoms with Gasteiger partial charge in [-0.1, -0.05) is 18.5 Å². The molecule has 1 aliphatic rings. The monoisotopic (exact) mass is 365 g/mol. The fourth-order valence-corrected chi connectivity index (χ4v) is 3.40. The van der Waals surface area contributed by atoms with Crippen LogP contribution in [0.15, 0.2) is 15.6 Å². The van der Waals surface area contributed by atoms with Gasteiger partial charge in [-0.3, -0.25) is 9.89 Å². The van der Waals surface area contributed by atoms with Crippen molar-refractivity contribution in [2.75, 3.05) is 45.9 Å². The lowest BCUT2D eigenvalue weighted by atomic mass is 10.0. The minimum atomic E-state index is 0.247. The van der Waals surface area contributed by atoms with Crippen LogP contribution in [0.25, 0.3) is 0 Å². The number of nitrogens with zero attached hydrogens (tertiary/aromatic N) is 4. The maximum absolute atomic E-state index is 9.24. The number of hydrogen-bond donors (Lipinski definition) is 2. The number of aromatic nitrogens is 1. The quantitative estimate of drug-likeness (QED) is 0.514. The van der Waals surface area contributed by atoms with Gasteiger partial charge in [0.1, 0.15) is 5.76 Å². The molecule has 1 atom stereocenters. The lowest BCUT2D eigenvalue weighted by Crippen LogP contribution is -2.52. The molecule has 0 aliphatic carbocycles. The van der Waals surface area contributed by atoms with Crippen molar-refractivity contribution in [1.29, 1.82) is 0 Å². The molecule has 148 valence electrons. The molecule has 0 aromatic carbocycles. The van der Waals surface area contributed by atoms with Crippen molar-refractivity contribution in [3.63, 3.8) is 0 Å². The molecule has 1 unspecified atom stereocenters. The molecule has 26 heavy (non-hydrogen) atoms. The van der Waals surface area contributed by atoms with Crippen LogP contribution >= 0.6 is 0 Å². The van der Waals surface area contributed by atoms with Gasteiger partial charge in [0.2, 0.25) is 0 Å². The van der Waals surface area contributed by atoms with Crippen molar-refractivity contribution in [1.82, 2.24) is 20.3 Å². The highest BCUT2D eigenvalue weighted by Gasteiger charge is 2.20. The molecule has 1 saturated heterocycles. The Morgan fingerprint density at radius 1 is 1.31 bits per heavy atom. The molecule has 1 aliphatic heterocycles. The molecule has 1 aromatic rings. The van der Waals surface area contributed by atoms with Crippen molar-refractivity contribution in [2.45, 2.75) is 46.6 Å². The fraction of sp³-hybridized carbons (Fsp3) is 0.789. The third-order valence-electron chi connectivity index (χ3n) is 4.80. The summed E-state index contributed by atoms with van der Waals surface area (Å²) in [4.78, 5) is 9.61. The summed E-state index contributed by atoms with van der Waals surface area (Å²) in [6, 6.07) is 2.01. The highest BCUT2D eigenvalue weighted by molar-refractivity contribution is 5.80. The molecule has 2 N–H and O–H groups in total. The van der Waals surface area contributed by atoms with E-state index in [1.165, 1.54) is 0 Å². The van der Waals surface area contributed by atoms with Crippen LogP contribution in [0.1, 0.15) is 44.6 Å². The summed E-state index contributed by atoms with van der Waals surface area (Å²) in [7, 11) is 0. The first-order valence-corrected chi connectivity index (χ1v) is 9.94. The number of nitrogens with one attached hydrogen (secondary N) is 1. The van der Waals surface area contributed by atoms with Crippen molar-refractivity contribution < 1.29 is 9.63 Å². The minimum Gasteiger partial charge on any atom is -0.396 e. The Labute approximate surface area is 157 Å². The van der Waals surface area contributed by atoms with Crippen LogP contribution in [0, 0.1) is 12.8 Å². The standard InChI is InChI=1S/C19H35N5O2/c1-4-6-17(7-12-25)14-21-19(20-5-2)24-10-8-23(9-11-24)15-18-13-16(3)26-22-18/h13,17,25H,4-12,14-15H2,1-3H3,(H,20,21). The Kier molecular flexibility index (Phi) is 8.91. The number of rotatable bonds is 9. The molecule has 7 nitrogen and oxygen atoms in total. The molecule has 7 heteroatoms. The highest BCUT2D eigenvalue weighted by Crippen LogP contribution is 2.13. The van der Waals surface area contributed by atoms with Crippen LogP contribution in [-0.4, -0.2) is 71.9 Å². The Morgan fingerprint density at radius 2 is 2.08 bits per heavy atom. The fourth-order valence-electron chi connectivity index (χ4n) is 3.40. The summed E-state index contributed by atoms with van der Waals surface area (Å²) >= 11 is 0. The lowest BCUT2D eigenvalue weighted by Gasteiger charge is -2.36. The normalized spacial score (nSPS) is 17.5. The number of aryl methyl sites for hydroxylation is 1. The topological polar surface area (TPSA) is 77.1 Å². The van der Waals surface area contributed by atoms with Crippen molar-refractivity contribution in [3.05, 3.63) is 17.5 Å². The minimum absolute atomic E-state index is 0.247. The maximum atomic E-state index is 9.24. The Bertz CT molecular complexity index is 532. The maximum Gasteiger partial charge on any atom is 0.194 e. The van der Waals surface area contributed by atoms with Crippen LogP contribution in [0.3, 0.4) is 0 Å². The van der Waals surface area contributed by atoms with Crippen LogP contribution in [0.5, 0.6) is 0 Å². The van der Waals surface area contributed by atoms with E-state index in [0.717, 1.165) is 82.5 Å². The predicted molar refractivity (Wildman–Crippen MR) is 104 cm³/mol. The first-order chi connectivity index (χ1) is 12.7. The van der Waals surface area contributed by atoms with E-state index in [-0.39, 0.29) is 6.61 Å². The Hall–Kier alpha value is -1.60. The van der Waals surface area contributed by atoms with E-state index in [2.05, 4.69) is 34.1 Å². The van der Waals surface area contributed by atoms with Gasteiger partial charge in [0, 0.05) is 58.5 Å². The summed E-state index contributed by atoms with van der Waals surface area (Å²) in [5.41, 5.74) is 1.00. The van der Waals surface area contributed by atoms with Crippen LogP contribution < -0.4 is 5.32 Å². The lowest BCUT2D eigenvalue weighted by molar-refractivity contribution is 0.168. The highest BCUT2D eigenvalue weighted by atomic mass is 16.5. The summed E-state index contributed by atoms with van der Waals surface area (Å²) in [6.45, 7) is 12.9. The third kappa shape index (κ3) is 6.61. The first-order valence-electron chi connectivity index (χ1n) is 9.94. The molecule has 2 rings (SSSR count). The van der Waals surface area contributed by atoms with E-state index in [9.17, 15) is 5.11 Å². The molecular weight excluding hydrogens is 330 g/mol. The molecule has 0 spiro atoms. The van der Waals surface area contributed by atoms with Gasteiger partial charge in [-0.05, 0) is 32.6 Å². The SMILES string of the molecule is CCCC(CCO)CN=C(NCC)N1CCN(Cc2cc(C)on2)CC1. The number of aliphatic hydroxyl groups is 1. The van der Waals surface area contributed by atoms with E-state index in [0.29, 0.717) is 5.92 Å². The summed E-state index contributed by atoms with van der Waals surface area (Å²) in [6.07, 6.45) is 3.09. The summed E-state index contributed by atoms with van der Waals surface area (Å²) < 4.78 is 5.16. The summed E-state index contributed by atoms with van der Waals surface area (Å²) in [5, 5.41) is 16.8. The van der Waals surface area contributed by atoms with Gasteiger partial charge in [-0.2, -0.15) is 0 Å². The molecule has 0 saturated carbocycles. The molecular formula is C19H35N5O2. The van der Waals surface area contributed by atoms with Gasteiger partial charge in [-0.15, -0.1) is 0 Å². The smallest absolute Gasteiger partial charge is 0.194 e. The van der Waals surface area contributed by atoms with E-state index in [1.54, 1.807) is 0 Å². The average Bonchev–Trinajstić information content (AvgIpc) is 3.04. The van der Waals surface area contributed by atoms with Gasteiger partial charge < -0.3 is 19.8 Å². The first kappa shape index (κ1) is 20.7. The summed E-state index contributed by atoms with van der Waals surface area (Å²) in [5.74, 6) is 2.34. The van der Waals surface area contributed by atoms with E-state index in [4.69, 9.17) is 9.52 Å². The van der Waals surface area contributed by atoms with Gasteiger partial charge >= 0.3 is 0 Å².